The van der Waals surface area contributed by atoms with Gasteiger partial charge in [0.15, 0.2) is 10.9 Å². The molecule has 7 nitrogen and oxygen atoms in total. The summed E-state index contributed by atoms with van der Waals surface area (Å²) in [4.78, 5) is 16.7. The van der Waals surface area contributed by atoms with Gasteiger partial charge in [-0.25, -0.2) is 4.98 Å². The van der Waals surface area contributed by atoms with E-state index >= 15 is 0 Å². The van der Waals surface area contributed by atoms with Crippen molar-refractivity contribution in [2.24, 2.45) is 12.5 Å². The molecule has 0 atom stereocenters. The molecule has 0 saturated carbocycles. The van der Waals surface area contributed by atoms with Gasteiger partial charge < -0.3 is 24.4 Å². The van der Waals surface area contributed by atoms with Gasteiger partial charge >= 0.3 is 0 Å². The molecule has 0 aliphatic carbocycles. The number of hydrogen-bond donors (Lipinski definition) is 2. The van der Waals surface area contributed by atoms with Crippen molar-refractivity contribution in [3.63, 3.8) is 0 Å². The Balaban J connectivity index is 1.53. The van der Waals surface area contributed by atoms with Crippen LogP contribution in [0.5, 0.6) is 0 Å². The van der Waals surface area contributed by atoms with Crippen molar-refractivity contribution >= 4 is 17.7 Å². The zero-order valence-electron chi connectivity index (χ0n) is 15.3. The highest BCUT2D eigenvalue weighted by atomic mass is 32.2. The van der Waals surface area contributed by atoms with Gasteiger partial charge in [-0.15, -0.1) is 0 Å². The summed E-state index contributed by atoms with van der Waals surface area (Å²) in [5, 5.41) is 7.29. The van der Waals surface area contributed by atoms with Crippen molar-refractivity contribution in [2.75, 3.05) is 33.4 Å². The molecule has 0 spiro atoms. The van der Waals surface area contributed by atoms with E-state index in [9.17, 15) is 4.79 Å². The lowest BCUT2D eigenvalue weighted by Gasteiger charge is -2.37. The number of nitrogens with one attached hydrogen (secondary N) is 2. The molecule has 3 heterocycles. The average molecular weight is 378 g/mol. The zero-order valence-corrected chi connectivity index (χ0v) is 16.1. The number of hydrogen-bond acceptors (Lipinski definition) is 6. The third-order valence-corrected chi connectivity index (χ3v) is 5.83. The van der Waals surface area contributed by atoms with Crippen molar-refractivity contribution in [3.8, 4) is 0 Å². The third-order valence-electron chi connectivity index (χ3n) is 4.74. The van der Waals surface area contributed by atoms with Gasteiger partial charge in [-0.2, -0.15) is 0 Å². The summed E-state index contributed by atoms with van der Waals surface area (Å²) in [5.41, 5.74) is -0.000856. The quantitative estimate of drug-likeness (QED) is 0.685. The minimum Gasteiger partial charge on any atom is -0.455 e. The Labute approximate surface area is 157 Å². The van der Waals surface area contributed by atoms with Crippen LogP contribution in [0.2, 0.25) is 0 Å². The standard InChI is InChI=1S/C18H26N4O3S/c1-22-10-9-20-17(22)26-11-14-3-4-15(25-14)16(23)21-12-18(13-24-2)5-7-19-8-6-18/h3-4,9-10,19H,5-8,11-13H2,1-2H3,(H,21,23). The number of methoxy groups -OCH3 is 1. The topological polar surface area (TPSA) is 81.3 Å². The number of thioether (sulfide) groups is 1. The van der Waals surface area contributed by atoms with E-state index in [4.69, 9.17) is 9.15 Å². The van der Waals surface area contributed by atoms with Crippen molar-refractivity contribution in [3.05, 3.63) is 36.0 Å². The Kier molecular flexibility index (Phi) is 6.39. The molecule has 1 aliphatic rings. The third kappa shape index (κ3) is 4.69. The number of amides is 1. The number of carbonyl (C=O) groups is 1. The molecule has 1 saturated heterocycles. The minimum atomic E-state index is -0.174. The van der Waals surface area contributed by atoms with E-state index in [-0.39, 0.29) is 11.3 Å². The Morgan fingerprint density at radius 2 is 2.27 bits per heavy atom. The van der Waals surface area contributed by atoms with E-state index in [1.807, 2.05) is 23.9 Å². The molecule has 1 aliphatic heterocycles. The fraction of sp³-hybridized carbons (Fsp3) is 0.556. The van der Waals surface area contributed by atoms with Gasteiger partial charge in [-0.3, -0.25) is 4.79 Å². The molecular formula is C18H26N4O3S. The van der Waals surface area contributed by atoms with E-state index in [1.54, 1.807) is 31.1 Å². The highest BCUT2D eigenvalue weighted by Gasteiger charge is 2.32. The fourth-order valence-electron chi connectivity index (χ4n) is 3.19. The van der Waals surface area contributed by atoms with E-state index in [0.717, 1.165) is 36.8 Å². The Morgan fingerprint density at radius 1 is 1.46 bits per heavy atom. The predicted molar refractivity (Wildman–Crippen MR) is 100 cm³/mol. The zero-order chi connectivity index (χ0) is 18.4. The van der Waals surface area contributed by atoms with Gasteiger partial charge in [0.05, 0.1) is 12.4 Å². The second-order valence-corrected chi connectivity index (χ2v) is 7.68. The van der Waals surface area contributed by atoms with Crippen LogP contribution in [-0.2, 0) is 17.5 Å². The molecule has 1 amide bonds. The molecule has 142 valence electrons. The maximum absolute atomic E-state index is 12.4. The lowest BCUT2D eigenvalue weighted by molar-refractivity contribution is 0.0506. The number of nitrogens with zero attached hydrogens (tertiary/aromatic N) is 2. The van der Waals surface area contributed by atoms with Crippen molar-refractivity contribution < 1.29 is 13.9 Å². The number of ether oxygens (including phenoxy) is 1. The highest BCUT2D eigenvalue weighted by Crippen LogP contribution is 2.28. The normalized spacial score (nSPS) is 16.5. The summed E-state index contributed by atoms with van der Waals surface area (Å²) >= 11 is 1.58. The van der Waals surface area contributed by atoms with Gasteiger partial charge in [0.2, 0.25) is 0 Å². The van der Waals surface area contributed by atoms with Crippen LogP contribution in [0, 0.1) is 5.41 Å². The molecule has 2 aromatic rings. The van der Waals surface area contributed by atoms with E-state index in [2.05, 4.69) is 15.6 Å². The number of imidazole rings is 1. The second kappa shape index (κ2) is 8.75. The predicted octanol–water partition coefficient (Wildman–Crippen LogP) is 2.05. The van der Waals surface area contributed by atoms with Crippen LogP contribution in [0.1, 0.15) is 29.2 Å². The van der Waals surface area contributed by atoms with Crippen LogP contribution in [0.4, 0.5) is 0 Å². The highest BCUT2D eigenvalue weighted by molar-refractivity contribution is 7.98. The second-order valence-electron chi connectivity index (χ2n) is 6.74. The molecule has 2 aromatic heterocycles. The van der Waals surface area contributed by atoms with Crippen LogP contribution in [-0.4, -0.2) is 48.8 Å². The first-order valence-corrected chi connectivity index (χ1v) is 9.77. The number of rotatable bonds is 8. The number of aromatic nitrogens is 2. The summed E-state index contributed by atoms with van der Waals surface area (Å²) in [6.45, 7) is 3.15. The molecule has 0 radical (unpaired) electrons. The van der Waals surface area contributed by atoms with Crippen LogP contribution in [0.25, 0.3) is 0 Å². The lowest BCUT2D eigenvalue weighted by Crippen LogP contribution is -2.47. The van der Waals surface area contributed by atoms with Gasteiger partial charge in [0.1, 0.15) is 5.76 Å². The molecular weight excluding hydrogens is 352 g/mol. The first kappa shape index (κ1) is 19.0. The average Bonchev–Trinajstić information content (AvgIpc) is 3.28. The Hall–Kier alpha value is -1.77. The van der Waals surface area contributed by atoms with E-state index < -0.39 is 0 Å². The smallest absolute Gasteiger partial charge is 0.287 e. The van der Waals surface area contributed by atoms with E-state index in [0.29, 0.717) is 24.7 Å². The van der Waals surface area contributed by atoms with Crippen LogP contribution in [0.15, 0.2) is 34.1 Å². The molecule has 0 bridgehead atoms. The molecule has 0 aromatic carbocycles. The van der Waals surface area contributed by atoms with Crippen molar-refractivity contribution in [1.29, 1.82) is 0 Å². The van der Waals surface area contributed by atoms with Crippen molar-refractivity contribution in [2.45, 2.75) is 23.8 Å². The van der Waals surface area contributed by atoms with Gasteiger partial charge in [-0.1, -0.05) is 11.8 Å². The summed E-state index contributed by atoms with van der Waals surface area (Å²) < 4.78 is 13.0. The molecule has 0 unspecified atom stereocenters. The summed E-state index contributed by atoms with van der Waals surface area (Å²) in [5.74, 6) is 1.57. The summed E-state index contributed by atoms with van der Waals surface area (Å²) in [6, 6.07) is 3.58. The van der Waals surface area contributed by atoms with E-state index in [1.165, 1.54) is 0 Å². The number of aryl methyl sites for hydroxylation is 1. The van der Waals surface area contributed by atoms with Crippen LogP contribution in [0.3, 0.4) is 0 Å². The molecule has 2 N–H and O–H groups in total. The molecule has 3 rings (SSSR count). The van der Waals surface area contributed by atoms with Crippen LogP contribution >= 0.6 is 11.8 Å². The van der Waals surface area contributed by atoms with Gasteiger partial charge in [0.25, 0.3) is 5.91 Å². The molecule has 26 heavy (non-hydrogen) atoms. The summed E-state index contributed by atoms with van der Waals surface area (Å²) in [7, 11) is 3.66. The molecule has 8 heteroatoms. The Morgan fingerprint density at radius 3 is 2.96 bits per heavy atom. The maximum atomic E-state index is 12.4. The largest absolute Gasteiger partial charge is 0.455 e. The van der Waals surface area contributed by atoms with Crippen LogP contribution < -0.4 is 10.6 Å². The minimum absolute atomic E-state index is 0.000856. The molecule has 1 fully saturated rings. The SMILES string of the molecule is COCC1(CNC(=O)c2ccc(CSc3nccn3C)o2)CCNCC1. The first-order valence-electron chi connectivity index (χ1n) is 8.79. The maximum Gasteiger partial charge on any atom is 0.287 e. The monoisotopic (exact) mass is 378 g/mol. The van der Waals surface area contributed by atoms with Gasteiger partial charge in [-0.05, 0) is 38.1 Å². The number of furan rings is 1. The van der Waals surface area contributed by atoms with Crippen molar-refractivity contribution in [1.82, 2.24) is 20.2 Å². The van der Waals surface area contributed by atoms with Gasteiger partial charge in [0, 0.05) is 38.5 Å². The number of carbonyl (C=O) groups excluding carboxylic acids is 1. The lowest BCUT2D eigenvalue weighted by atomic mass is 9.79. The Bertz CT molecular complexity index is 716. The number of piperidine rings is 1. The summed E-state index contributed by atoms with van der Waals surface area (Å²) in [6.07, 6.45) is 5.65. The first-order chi connectivity index (χ1) is 12.6. The fourth-order valence-corrected chi connectivity index (χ4v) is 4.02.